The molecule has 1 aliphatic carbocycles. The van der Waals surface area contributed by atoms with Crippen molar-refractivity contribution in [2.45, 2.75) is 89.6 Å². The molecule has 2 aliphatic heterocycles. The molecule has 3 heterocycles. The van der Waals surface area contributed by atoms with Crippen LogP contribution in [-0.2, 0) is 17.8 Å². The van der Waals surface area contributed by atoms with Gasteiger partial charge in [-0.3, -0.25) is 14.4 Å². The molecule has 2 saturated heterocycles. The zero-order chi connectivity index (χ0) is 31.3. The Kier molecular flexibility index (Phi) is 10.0. The fourth-order valence-electron chi connectivity index (χ4n) is 8.51. The number of piperidine rings is 1. The third kappa shape index (κ3) is 7.34. The van der Waals surface area contributed by atoms with Crippen molar-refractivity contribution >= 4 is 5.97 Å². The van der Waals surface area contributed by atoms with Crippen LogP contribution in [-0.4, -0.2) is 69.4 Å². The number of carboxylic acid groups (broad SMARTS) is 1. The molecule has 0 bridgehead atoms. The van der Waals surface area contributed by atoms with Crippen LogP contribution in [0.4, 0.5) is 0 Å². The Balaban J connectivity index is 1.12. The van der Waals surface area contributed by atoms with E-state index in [-0.39, 0.29) is 12.0 Å². The Morgan fingerprint density at radius 3 is 2.44 bits per heavy atom. The van der Waals surface area contributed by atoms with Gasteiger partial charge < -0.3 is 10.0 Å². The van der Waals surface area contributed by atoms with Crippen LogP contribution in [0.3, 0.4) is 0 Å². The molecule has 6 rings (SSSR count). The number of aryl methyl sites for hydroxylation is 2. The van der Waals surface area contributed by atoms with E-state index in [9.17, 15) is 9.90 Å². The molecular weight excluding hydrogens is 558 g/mol. The van der Waals surface area contributed by atoms with Crippen molar-refractivity contribution in [2.75, 3.05) is 32.7 Å². The van der Waals surface area contributed by atoms with E-state index in [2.05, 4.69) is 64.7 Å². The SMILES string of the molecule is CCn1nc(Cc2ccc(C#N)cc2)cc1C1CCN(C[C@H]2CN([C@@H](C(=O)O)C3CCCCC3)C[C@@H]2c2cccc(C)c2)CC1. The zero-order valence-corrected chi connectivity index (χ0v) is 27.1. The number of carbonyl (C=O) groups is 1. The van der Waals surface area contributed by atoms with Gasteiger partial charge in [0, 0.05) is 50.1 Å². The average Bonchev–Trinajstić information content (AvgIpc) is 3.66. The van der Waals surface area contributed by atoms with Gasteiger partial charge in [-0.1, -0.05) is 61.2 Å². The monoisotopic (exact) mass is 607 g/mol. The number of rotatable bonds is 10. The largest absolute Gasteiger partial charge is 0.480 e. The van der Waals surface area contributed by atoms with E-state index in [1.165, 1.54) is 28.8 Å². The highest BCUT2D eigenvalue weighted by Gasteiger charge is 2.43. The van der Waals surface area contributed by atoms with E-state index in [0.29, 0.717) is 23.3 Å². The molecule has 3 aromatic rings. The van der Waals surface area contributed by atoms with Crippen molar-refractivity contribution in [3.05, 3.63) is 88.2 Å². The van der Waals surface area contributed by atoms with E-state index in [1.807, 2.05) is 24.3 Å². The minimum Gasteiger partial charge on any atom is -0.480 e. The van der Waals surface area contributed by atoms with Gasteiger partial charge in [-0.25, -0.2) is 0 Å². The Labute approximate surface area is 268 Å². The molecule has 3 fully saturated rings. The maximum absolute atomic E-state index is 12.7. The highest BCUT2D eigenvalue weighted by Crippen LogP contribution is 2.39. The quantitative estimate of drug-likeness (QED) is 0.280. The average molecular weight is 608 g/mol. The number of benzene rings is 2. The van der Waals surface area contributed by atoms with Gasteiger partial charge in [0.2, 0.25) is 0 Å². The van der Waals surface area contributed by atoms with Gasteiger partial charge in [-0.2, -0.15) is 10.4 Å². The van der Waals surface area contributed by atoms with E-state index >= 15 is 0 Å². The van der Waals surface area contributed by atoms with E-state index in [0.717, 1.165) is 89.9 Å². The van der Waals surface area contributed by atoms with Gasteiger partial charge in [0.15, 0.2) is 0 Å². The number of hydrogen-bond acceptors (Lipinski definition) is 5. The second-order valence-electron chi connectivity index (χ2n) is 13.9. The molecule has 0 radical (unpaired) electrons. The van der Waals surface area contributed by atoms with Crippen molar-refractivity contribution < 1.29 is 9.90 Å². The molecule has 1 aromatic heterocycles. The summed E-state index contributed by atoms with van der Waals surface area (Å²) in [4.78, 5) is 17.7. The summed E-state index contributed by atoms with van der Waals surface area (Å²) in [6.07, 6.45) is 8.67. The number of aromatic nitrogens is 2. The first kappa shape index (κ1) is 31.5. The molecule has 2 aromatic carbocycles. The minimum atomic E-state index is -0.627. The molecule has 238 valence electrons. The van der Waals surface area contributed by atoms with Gasteiger partial charge in [0.05, 0.1) is 17.3 Å². The first-order chi connectivity index (χ1) is 21.9. The standard InChI is InChI=1S/C38H49N5O2/c1-3-43-36(22-34(40-43)21-28-12-14-29(23-39)15-13-28)30-16-18-41(19-17-30)24-33-25-42(26-35(33)32-11-7-8-27(2)20-32)37(38(44)45)31-9-5-4-6-10-31/h7-8,11-15,20,22,30-31,33,35,37H,3-6,9-10,16-19,21,24-26H2,1-2H3,(H,44,45)/t33-,35+,37+/m0/s1. The van der Waals surface area contributed by atoms with Crippen LogP contribution in [0.15, 0.2) is 54.6 Å². The Bertz CT molecular complexity index is 1480. The summed E-state index contributed by atoms with van der Waals surface area (Å²) >= 11 is 0. The molecule has 1 saturated carbocycles. The van der Waals surface area contributed by atoms with Crippen LogP contribution in [0.5, 0.6) is 0 Å². The molecule has 0 spiro atoms. The predicted molar refractivity (Wildman–Crippen MR) is 177 cm³/mol. The smallest absolute Gasteiger partial charge is 0.321 e. The second kappa shape index (κ2) is 14.3. The lowest BCUT2D eigenvalue weighted by molar-refractivity contribution is -0.145. The van der Waals surface area contributed by atoms with E-state index in [4.69, 9.17) is 10.4 Å². The number of aliphatic carboxylic acids is 1. The topological polar surface area (TPSA) is 85.4 Å². The lowest BCUT2D eigenvalue weighted by Crippen LogP contribution is -2.46. The van der Waals surface area contributed by atoms with Crippen LogP contribution in [0.1, 0.15) is 97.3 Å². The summed E-state index contributed by atoms with van der Waals surface area (Å²) in [5.74, 6) is 0.929. The third-order valence-electron chi connectivity index (χ3n) is 10.8. The Hall–Kier alpha value is -3.47. The first-order valence-corrected chi connectivity index (χ1v) is 17.2. The maximum Gasteiger partial charge on any atom is 0.321 e. The third-order valence-corrected chi connectivity index (χ3v) is 10.8. The second-order valence-corrected chi connectivity index (χ2v) is 13.9. The summed E-state index contributed by atoms with van der Waals surface area (Å²) in [5, 5.41) is 24.5. The van der Waals surface area contributed by atoms with Crippen LogP contribution in [0.2, 0.25) is 0 Å². The number of nitrogens with zero attached hydrogens (tertiary/aromatic N) is 5. The zero-order valence-electron chi connectivity index (χ0n) is 27.1. The van der Waals surface area contributed by atoms with Crippen molar-refractivity contribution in [1.29, 1.82) is 5.26 Å². The summed E-state index contributed by atoms with van der Waals surface area (Å²) in [6, 6.07) is 20.9. The molecule has 0 unspecified atom stereocenters. The number of carboxylic acids is 1. The predicted octanol–water partition coefficient (Wildman–Crippen LogP) is 6.60. The molecule has 3 atom stereocenters. The van der Waals surface area contributed by atoms with Crippen molar-refractivity contribution in [2.24, 2.45) is 11.8 Å². The van der Waals surface area contributed by atoms with Crippen LogP contribution >= 0.6 is 0 Å². The number of likely N-dealkylation sites (tertiary alicyclic amines) is 2. The molecule has 7 nitrogen and oxygen atoms in total. The van der Waals surface area contributed by atoms with Gasteiger partial charge in [0.1, 0.15) is 6.04 Å². The summed E-state index contributed by atoms with van der Waals surface area (Å²) in [5.41, 5.74) is 6.95. The van der Waals surface area contributed by atoms with Crippen LogP contribution in [0.25, 0.3) is 0 Å². The molecular formula is C38H49N5O2. The summed E-state index contributed by atoms with van der Waals surface area (Å²) in [6.45, 7) is 10.1. The van der Waals surface area contributed by atoms with Gasteiger partial charge >= 0.3 is 5.97 Å². The molecule has 7 heteroatoms. The van der Waals surface area contributed by atoms with Gasteiger partial charge in [-0.15, -0.1) is 0 Å². The molecule has 3 aliphatic rings. The van der Waals surface area contributed by atoms with Crippen molar-refractivity contribution in [3.8, 4) is 6.07 Å². The highest BCUT2D eigenvalue weighted by atomic mass is 16.4. The molecule has 1 N–H and O–H groups in total. The Morgan fingerprint density at radius 2 is 1.78 bits per heavy atom. The minimum absolute atomic E-state index is 0.272. The normalized spacial score (nSPS) is 22.8. The van der Waals surface area contributed by atoms with Gasteiger partial charge in [0.25, 0.3) is 0 Å². The number of hydrogen-bond donors (Lipinski definition) is 1. The van der Waals surface area contributed by atoms with Crippen LogP contribution < -0.4 is 0 Å². The summed E-state index contributed by atoms with van der Waals surface area (Å²) in [7, 11) is 0. The van der Waals surface area contributed by atoms with E-state index in [1.54, 1.807) is 0 Å². The maximum atomic E-state index is 12.7. The fourth-order valence-corrected chi connectivity index (χ4v) is 8.51. The van der Waals surface area contributed by atoms with Crippen molar-refractivity contribution in [1.82, 2.24) is 19.6 Å². The first-order valence-electron chi connectivity index (χ1n) is 17.2. The van der Waals surface area contributed by atoms with E-state index < -0.39 is 5.97 Å². The lowest BCUT2D eigenvalue weighted by atomic mass is 9.83. The fraction of sp³-hybridized carbons (Fsp3) is 0.553. The number of nitriles is 1. The lowest BCUT2D eigenvalue weighted by Gasteiger charge is -2.35. The summed E-state index contributed by atoms with van der Waals surface area (Å²) < 4.78 is 2.19. The highest BCUT2D eigenvalue weighted by molar-refractivity contribution is 5.74. The molecule has 0 amide bonds. The molecule has 45 heavy (non-hydrogen) atoms. The van der Waals surface area contributed by atoms with Crippen molar-refractivity contribution in [3.63, 3.8) is 0 Å². The Morgan fingerprint density at radius 1 is 1.02 bits per heavy atom. The van der Waals surface area contributed by atoms with Gasteiger partial charge in [-0.05, 0) is 93.8 Å². The van der Waals surface area contributed by atoms with Crippen LogP contribution in [0, 0.1) is 30.1 Å².